The van der Waals surface area contributed by atoms with E-state index in [1.807, 2.05) is 16.7 Å². The molecule has 0 saturated heterocycles. The van der Waals surface area contributed by atoms with Crippen molar-refractivity contribution >= 4 is 5.97 Å². The molecular formula is C23H29NO5. The minimum Gasteiger partial charge on any atom is -0.493 e. The van der Waals surface area contributed by atoms with E-state index in [1.54, 1.807) is 20.2 Å². The molecule has 0 N–H and O–H groups in total. The summed E-state index contributed by atoms with van der Waals surface area (Å²) in [6.45, 7) is 6.83. The number of pyridine rings is 1. The number of esters is 1. The lowest BCUT2D eigenvalue weighted by molar-refractivity contribution is 0.0523. The van der Waals surface area contributed by atoms with E-state index in [0.717, 1.165) is 48.3 Å². The molecule has 2 heterocycles. The van der Waals surface area contributed by atoms with Crippen LogP contribution in [0.5, 0.6) is 11.5 Å². The first-order chi connectivity index (χ1) is 14.0. The fraction of sp³-hybridized carbons (Fsp3) is 0.478. The molecule has 2 aromatic rings. The molecule has 3 rings (SSSR count). The maximum absolute atomic E-state index is 12.6. The molecule has 1 aromatic heterocycles. The van der Waals surface area contributed by atoms with E-state index in [4.69, 9.17) is 14.2 Å². The number of nitrogens with zero attached hydrogens (tertiary/aromatic N) is 1. The Kier molecular flexibility index (Phi) is 6.62. The Morgan fingerprint density at radius 3 is 2.62 bits per heavy atom. The molecule has 0 amide bonds. The molecule has 1 atom stereocenters. The zero-order chi connectivity index (χ0) is 21.0. The number of hydrogen-bond donors (Lipinski definition) is 0. The first-order valence-electron chi connectivity index (χ1n) is 10.3. The van der Waals surface area contributed by atoms with Gasteiger partial charge in [0.15, 0.2) is 16.9 Å². The summed E-state index contributed by atoms with van der Waals surface area (Å²) < 4.78 is 18.6. The quantitative estimate of drug-likeness (QED) is 0.487. The summed E-state index contributed by atoms with van der Waals surface area (Å²) in [7, 11) is 1.61. The number of ether oxygens (including phenoxy) is 3. The van der Waals surface area contributed by atoms with Crippen molar-refractivity contribution in [1.29, 1.82) is 0 Å². The topological polar surface area (TPSA) is 66.8 Å². The number of methoxy groups -OCH3 is 1. The standard InChI is InChI=1S/C23H29NO5/c1-5-8-9-29-22-11-15-10-16(6-2)24-14-18(23(26)28-7-3)20(25)13-19(24)17(15)12-21(22)27-4/h11-14,16H,5-10H2,1-4H3. The lowest BCUT2D eigenvalue weighted by Crippen LogP contribution is -2.26. The van der Waals surface area contributed by atoms with Gasteiger partial charge >= 0.3 is 5.97 Å². The summed E-state index contributed by atoms with van der Waals surface area (Å²) in [6.07, 6.45) is 5.34. The smallest absolute Gasteiger partial charge is 0.343 e. The number of aromatic nitrogens is 1. The average Bonchev–Trinajstić information content (AvgIpc) is 2.72. The fourth-order valence-corrected chi connectivity index (χ4v) is 3.73. The molecular weight excluding hydrogens is 370 g/mol. The van der Waals surface area contributed by atoms with Gasteiger partial charge in [0.1, 0.15) is 5.56 Å². The van der Waals surface area contributed by atoms with E-state index >= 15 is 0 Å². The average molecular weight is 399 g/mol. The van der Waals surface area contributed by atoms with E-state index in [-0.39, 0.29) is 23.6 Å². The molecule has 1 aromatic carbocycles. The highest BCUT2D eigenvalue weighted by atomic mass is 16.5. The SMILES string of the molecule is CCCCOc1cc2c(cc1OC)-c1cc(=O)c(C(=O)OCC)cn1C(CC)C2. The first-order valence-corrected chi connectivity index (χ1v) is 10.3. The Hall–Kier alpha value is -2.76. The van der Waals surface area contributed by atoms with Crippen LogP contribution in [0.25, 0.3) is 11.3 Å². The minimum atomic E-state index is -0.578. The summed E-state index contributed by atoms with van der Waals surface area (Å²) in [5.74, 6) is 0.794. The molecule has 0 bridgehead atoms. The molecule has 6 heteroatoms. The third-order valence-corrected chi connectivity index (χ3v) is 5.32. The van der Waals surface area contributed by atoms with E-state index in [9.17, 15) is 9.59 Å². The lowest BCUT2D eigenvalue weighted by Gasteiger charge is -2.31. The lowest BCUT2D eigenvalue weighted by atomic mass is 9.90. The third-order valence-electron chi connectivity index (χ3n) is 5.32. The monoisotopic (exact) mass is 399 g/mol. The van der Waals surface area contributed by atoms with Crippen molar-refractivity contribution in [1.82, 2.24) is 4.57 Å². The van der Waals surface area contributed by atoms with Gasteiger partial charge in [-0.15, -0.1) is 0 Å². The van der Waals surface area contributed by atoms with Gasteiger partial charge < -0.3 is 18.8 Å². The van der Waals surface area contributed by atoms with E-state index in [1.165, 1.54) is 6.07 Å². The van der Waals surface area contributed by atoms with Crippen molar-refractivity contribution in [3.05, 3.63) is 45.7 Å². The van der Waals surface area contributed by atoms with E-state index in [2.05, 4.69) is 13.8 Å². The van der Waals surface area contributed by atoms with Gasteiger partial charge in [-0.05, 0) is 43.9 Å². The molecule has 156 valence electrons. The largest absolute Gasteiger partial charge is 0.493 e. The summed E-state index contributed by atoms with van der Waals surface area (Å²) >= 11 is 0. The molecule has 1 aliphatic rings. The van der Waals surface area contributed by atoms with Gasteiger partial charge in [-0.1, -0.05) is 20.3 Å². The van der Waals surface area contributed by atoms with Gasteiger partial charge in [0.25, 0.3) is 0 Å². The van der Waals surface area contributed by atoms with Crippen LogP contribution in [-0.4, -0.2) is 30.9 Å². The van der Waals surface area contributed by atoms with Crippen LogP contribution < -0.4 is 14.9 Å². The van der Waals surface area contributed by atoms with E-state index in [0.29, 0.717) is 12.4 Å². The molecule has 29 heavy (non-hydrogen) atoms. The van der Waals surface area contributed by atoms with Crippen LogP contribution in [0, 0.1) is 0 Å². The van der Waals surface area contributed by atoms with Crippen LogP contribution in [0.15, 0.2) is 29.2 Å². The number of carbonyl (C=O) groups excluding carboxylic acids is 1. The Morgan fingerprint density at radius 2 is 1.97 bits per heavy atom. The number of rotatable bonds is 8. The predicted molar refractivity (Wildman–Crippen MR) is 112 cm³/mol. The molecule has 0 fully saturated rings. The van der Waals surface area contributed by atoms with Crippen LogP contribution in [-0.2, 0) is 11.2 Å². The Morgan fingerprint density at radius 1 is 1.17 bits per heavy atom. The summed E-state index contributed by atoms with van der Waals surface area (Å²) in [4.78, 5) is 24.8. The Labute approximate surface area is 171 Å². The van der Waals surface area contributed by atoms with Crippen molar-refractivity contribution in [3.63, 3.8) is 0 Å². The highest BCUT2D eigenvalue weighted by molar-refractivity contribution is 5.89. The fourth-order valence-electron chi connectivity index (χ4n) is 3.73. The van der Waals surface area contributed by atoms with Gasteiger partial charge in [-0.25, -0.2) is 4.79 Å². The number of benzene rings is 1. The van der Waals surface area contributed by atoms with Crippen molar-refractivity contribution in [2.24, 2.45) is 0 Å². The summed E-state index contributed by atoms with van der Waals surface area (Å²) in [6, 6.07) is 5.63. The van der Waals surface area contributed by atoms with E-state index < -0.39 is 5.97 Å². The van der Waals surface area contributed by atoms with Crippen molar-refractivity contribution in [3.8, 4) is 22.8 Å². The molecule has 1 unspecified atom stereocenters. The minimum absolute atomic E-state index is 0.0731. The molecule has 0 spiro atoms. The third kappa shape index (κ3) is 4.16. The molecule has 6 nitrogen and oxygen atoms in total. The first kappa shape index (κ1) is 21.0. The van der Waals surface area contributed by atoms with Crippen LogP contribution in [0.3, 0.4) is 0 Å². The van der Waals surface area contributed by atoms with Gasteiger partial charge in [0, 0.05) is 23.9 Å². The van der Waals surface area contributed by atoms with Crippen molar-refractivity contribution in [2.45, 2.75) is 52.5 Å². The second-order valence-electron chi connectivity index (χ2n) is 7.19. The number of fused-ring (bicyclic) bond motifs is 3. The normalized spacial score (nSPS) is 14.7. The Balaban J connectivity index is 2.10. The molecule has 0 aliphatic carbocycles. The van der Waals surface area contributed by atoms with Crippen molar-refractivity contribution in [2.75, 3.05) is 20.3 Å². The second-order valence-corrected chi connectivity index (χ2v) is 7.19. The van der Waals surface area contributed by atoms with Gasteiger partial charge in [-0.3, -0.25) is 4.79 Å². The number of carbonyl (C=O) groups is 1. The van der Waals surface area contributed by atoms with Crippen LogP contribution in [0.4, 0.5) is 0 Å². The maximum atomic E-state index is 12.6. The summed E-state index contributed by atoms with van der Waals surface area (Å²) in [5.41, 5.74) is 2.58. The van der Waals surface area contributed by atoms with Gasteiger partial charge in [-0.2, -0.15) is 0 Å². The molecule has 1 aliphatic heterocycles. The number of hydrogen-bond acceptors (Lipinski definition) is 5. The molecule has 0 saturated carbocycles. The van der Waals surface area contributed by atoms with Crippen LogP contribution in [0.2, 0.25) is 0 Å². The number of unbranched alkanes of at least 4 members (excludes halogenated alkanes) is 1. The zero-order valence-electron chi connectivity index (χ0n) is 17.6. The Bertz CT molecular complexity index is 947. The van der Waals surface area contributed by atoms with Gasteiger partial charge in [0.05, 0.1) is 26.0 Å². The maximum Gasteiger partial charge on any atom is 0.343 e. The van der Waals surface area contributed by atoms with Crippen LogP contribution >= 0.6 is 0 Å². The van der Waals surface area contributed by atoms with Crippen molar-refractivity contribution < 1.29 is 19.0 Å². The molecule has 0 radical (unpaired) electrons. The predicted octanol–water partition coefficient (Wildman–Crippen LogP) is 4.39. The van der Waals surface area contributed by atoms with Gasteiger partial charge in [0.2, 0.25) is 0 Å². The summed E-state index contributed by atoms with van der Waals surface area (Å²) in [5, 5.41) is 0. The zero-order valence-corrected chi connectivity index (χ0v) is 17.6. The second kappa shape index (κ2) is 9.16. The highest BCUT2D eigenvalue weighted by Gasteiger charge is 2.27. The highest BCUT2D eigenvalue weighted by Crippen LogP contribution is 2.41. The van der Waals surface area contributed by atoms with Crippen LogP contribution in [0.1, 0.15) is 62.0 Å².